The molecule has 1 atom stereocenters. The van der Waals surface area contributed by atoms with Crippen molar-refractivity contribution in [2.45, 2.75) is 44.8 Å². The zero-order valence-electron chi connectivity index (χ0n) is 9.55. The maximum Gasteiger partial charge on any atom is 0.117 e. The van der Waals surface area contributed by atoms with E-state index >= 15 is 0 Å². The highest BCUT2D eigenvalue weighted by atomic mass is 16.3. The lowest BCUT2D eigenvalue weighted by Gasteiger charge is -2.36. The summed E-state index contributed by atoms with van der Waals surface area (Å²) in [4.78, 5) is 0. The molecule has 0 radical (unpaired) electrons. The average molecular weight is 208 g/mol. The second-order valence-electron chi connectivity index (χ2n) is 4.96. The van der Waals surface area contributed by atoms with Gasteiger partial charge >= 0.3 is 0 Å². The van der Waals surface area contributed by atoms with Crippen molar-refractivity contribution in [3.63, 3.8) is 0 Å². The summed E-state index contributed by atoms with van der Waals surface area (Å²) >= 11 is 0. The van der Waals surface area contributed by atoms with Gasteiger partial charge in [0.2, 0.25) is 0 Å². The van der Waals surface area contributed by atoms with Crippen molar-refractivity contribution in [3.05, 3.63) is 24.2 Å². The Kier molecular flexibility index (Phi) is 3.12. The molecule has 1 unspecified atom stereocenters. The highest BCUT2D eigenvalue weighted by Crippen LogP contribution is 2.18. The van der Waals surface area contributed by atoms with Crippen LogP contribution in [0.5, 0.6) is 0 Å². The zero-order chi connectivity index (χ0) is 10.7. The van der Waals surface area contributed by atoms with Gasteiger partial charge in [-0.1, -0.05) is 0 Å². The van der Waals surface area contributed by atoms with E-state index < -0.39 is 0 Å². The van der Waals surface area contributed by atoms with Crippen LogP contribution in [0.15, 0.2) is 22.8 Å². The zero-order valence-corrected chi connectivity index (χ0v) is 9.55. The molecule has 3 nitrogen and oxygen atoms in total. The summed E-state index contributed by atoms with van der Waals surface area (Å²) in [5.41, 5.74) is 0.263. The predicted octanol–water partition coefficient (Wildman–Crippen LogP) is 1.90. The molecule has 0 bridgehead atoms. The standard InChI is InChI=1S/C12H20N2O/c1-12(2)8-10(5-6-14-12)13-9-11-4-3-7-15-11/h3-4,7,10,13-14H,5-6,8-9H2,1-2H3. The van der Waals surface area contributed by atoms with Gasteiger partial charge in [0.05, 0.1) is 12.8 Å². The topological polar surface area (TPSA) is 37.2 Å². The lowest BCUT2D eigenvalue weighted by atomic mass is 9.89. The van der Waals surface area contributed by atoms with E-state index in [1.54, 1.807) is 6.26 Å². The van der Waals surface area contributed by atoms with E-state index in [0.29, 0.717) is 6.04 Å². The molecule has 1 aliphatic rings. The molecule has 0 aromatic carbocycles. The van der Waals surface area contributed by atoms with Crippen LogP contribution in [-0.2, 0) is 6.54 Å². The third-order valence-corrected chi connectivity index (χ3v) is 3.00. The average Bonchev–Trinajstić information content (AvgIpc) is 2.65. The van der Waals surface area contributed by atoms with Crippen LogP contribution >= 0.6 is 0 Å². The number of nitrogens with one attached hydrogen (secondary N) is 2. The van der Waals surface area contributed by atoms with E-state index in [2.05, 4.69) is 24.5 Å². The van der Waals surface area contributed by atoms with Crippen LogP contribution in [0.25, 0.3) is 0 Å². The van der Waals surface area contributed by atoms with Crippen LogP contribution < -0.4 is 10.6 Å². The lowest BCUT2D eigenvalue weighted by Crippen LogP contribution is -2.51. The summed E-state index contributed by atoms with van der Waals surface area (Å²) < 4.78 is 5.30. The van der Waals surface area contributed by atoms with Gasteiger partial charge in [-0.15, -0.1) is 0 Å². The second kappa shape index (κ2) is 4.37. The molecule has 0 spiro atoms. The Morgan fingerprint density at radius 2 is 2.47 bits per heavy atom. The van der Waals surface area contributed by atoms with Crippen LogP contribution in [0, 0.1) is 0 Å². The van der Waals surface area contributed by atoms with Gasteiger partial charge in [0.25, 0.3) is 0 Å². The van der Waals surface area contributed by atoms with Gasteiger partial charge in [0.15, 0.2) is 0 Å². The van der Waals surface area contributed by atoms with Crippen molar-refractivity contribution < 1.29 is 4.42 Å². The van der Waals surface area contributed by atoms with Crippen molar-refractivity contribution in [3.8, 4) is 0 Å². The summed E-state index contributed by atoms with van der Waals surface area (Å²) in [5, 5.41) is 7.06. The first-order valence-electron chi connectivity index (χ1n) is 5.66. The van der Waals surface area contributed by atoms with Gasteiger partial charge in [0, 0.05) is 11.6 Å². The lowest BCUT2D eigenvalue weighted by molar-refractivity contribution is 0.244. The maximum absolute atomic E-state index is 5.30. The molecule has 0 saturated carbocycles. The molecular weight excluding hydrogens is 188 g/mol. The molecule has 1 saturated heterocycles. The first kappa shape index (κ1) is 10.7. The van der Waals surface area contributed by atoms with Crippen molar-refractivity contribution in [2.75, 3.05) is 6.54 Å². The molecular formula is C12H20N2O. The van der Waals surface area contributed by atoms with Crippen LogP contribution in [0.4, 0.5) is 0 Å². The largest absolute Gasteiger partial charge is 0.468 e. The fraction of sp³-hybridized carbons (Fsp3) is 0.667. The molecule has 1 fully saturated rings. The van der Waals surface area contributed by atoms with Crippen molar-refractivity contribution in [1.82, 2.24) is 10.6 Å². The molecule has 3 heteroatoms. The van der Waals surface area contributed by atoms with Gasteiger partial charge in [0.1, 0.15) is 5.76 Å². The van der Waals surface area contributed by atoms with E-state index in [0.717, 1.165) is 18.8 Å². The minimum atomic E-state index is 0.263. The smallest absolute Gasteiger partial charge is 0.117 e. The summed E-state index contributed by atoms with van der Waals surface area (Å²) in [6.45, 7) is 6.46. The SMILES string of the molecule is CC1(C)CC(NCc2ccco2)CCN1. The van der Waals surface area contributed by atoms with E-state index in [1.165, 1.54) is 12.8 Å². The Hall–Kier alpha value is -0.800. The summed E-state index contributed by atoms with van der Waals surface area (Å²) in [5.74, 6) is 1.02. The van der Waals surface area contributed by atoms with E-state index in [-0.39, 0.29) is 5.54 Å². The molecule has 1 aliphatic heterocycles. The second-order valence-corrected chi connectivity index (χ2v) is 4.96. The van der Waals surface area contributed by atoms with Gasteiger partial charge in [-0.05, 0) is 45.4 Å². The van der Waals surface area contributed by atoms with Crippen molar-refractivity contribution in [2.24, 2.45) is 0 Å². The number of furan rings is 1. The number of hydrogen-bond acceptors (Lipinski definition) is 3. The number of hydrogen-bond donors (Lipinski definition) is 2. The number of rotatable bonds is 3. The van der Waals surface area contributed by atoms with Crippen LogP contribution in [0.1, 0.15) is 32.4 Å². The van der Waals surface area contributed by atoms with Crippen LogP contribution in [0.2, 0.25) is 0 Å². The highest BCUT2D eigenvalue weighted by Gasteiger charge is 2.26. The van der Waals surface area contributed by atoms with Gasteiger partial charge in [-0.25, -0.2) is 0 Å². The molecule has 1 aromatic rings. The van der Waals surface area contributed by atoms with Gasteiger partial charge in [-0.2, -0.15) is 0 Å². The molecule has 2 rings (SSSR count). The molecule has 2 heterocycles. The Bertz CT molecular complexity index is 293. The molecule has 0 amide bonds. The van der Waals surface area contributed by atoms with Crippen LogP contribution in [0.3, 0.4) is 0 Å². The monoisotopic (exact) mass is 208 g/mol. The normalized spacial score (nSPS) is 25.3. The quantitative estimate of drug-likeness (QED) is 0.796. The summed E-state index contributed by atoms with van der Waals surface area (Å²) in [6, 6.07) is 4.55. The Labute approximate surface area is 91.2 Å². The predicted molar refractivity (Wildman–Crippen MR) is 60.7 cm³/mol. The maximum atomic E-state index is 5.30. The Morgan fingerprint density at radius 1 is 1.60 bits per heavy atom. The van der Waals surface area contributed by atoms with Gasteiger partial charge in [-0.3, -0.25) is 0 Å². The minimum absolute atomic E-state index is 0.263. The van der Waals surface area contributed by atoms with Crippen molar-refractivity contribution >= 4 is 0 Å². The fourth-order valence-corrected chi connectivity index (χ4v) is 2.21. The van der Waals surface area contributed by atoms with E-state index in [1.807, 2.05) is 12.1 Å². The summed E-state index contributed by atoms with van der Waals surface area (Å²) in [6.07, 6.45) is 4.10. The first-order chi connectivity index (χ1) is 7.16. The number of piperidine rings is 1. The Morgan fingerprint density at radius 3 is 3.13 bits per heavy atom. The van der Waals surface area contributed by atoms with E-state index in [9.17, 15) is 0 Å². The van der Waals surface area contributed by atoms with E-state index in [4.69, 9.17) is 4.42 Å². The molecule has 84 valence electrons. The van der Waals surface area contributed by atoms with Gasteiger partial charge < -0.3 is 15.1 Å². The minimum Gasteiger partial charge on any atom is -0.468 e. The Balaban J connectivity index is 1.80. The molecule has 1 aromatic heterocycles. The van der Waals surface area contributed by atoms with Crippen LogP contribution in [-0.4, -0.2) is 18.1 Å². The first-order valence-corrected chi connectivity index (χ1v) is 5.66. The summed E-state index contributed by atoms with van der Waals surface area (Å²) in [7, 11) is 0. The molecule has 0 aliphatic carbocycles. The fourth-order valence-electron chi connectivity index (χ4n) is 2.21. The van der Waals surface area contributed by atoms with Crippen molar-refractivity contribution in [1.29, 1.82) is 0 Å². The third-order valence-electron chi connectivity index (χ3n) is 3.00. The highest BCUT2D eigenvalue weighted by molar-refractivity contribution is 4.98. The molecule has 15 heavy (non-hydrogen) atoms. The molecule has 2 N–H and O–H groups in total. The third kappa shape index (κ3) is 3.08.